The molecule has 1 fully saturated rings. The zero-order chi connectivity index (χ0) is 20.7. The highest BCUT2D eigenvalue weighted by atomic mass is 35.5. The Bertz CT molecular complexity index is 791. The van der Waals surface area contributed by atoms with E-state index in [1.54, 1.807) is 7.11 Å². The molecule has 3 rings (SSSR count). The van der Waals surface area contributed by atoms with Gasteiger partial charge in [0.2, 0.25) is 0 Å². The molecule has 2 aromatic rings. The molecule has 2 aromatic carbocycles. The number of halogens is 1. The molecular weight excluding hydrogens is 386 g/mol. The fourth-order valence-electron chi connectivity index (χ4n) is 4.11. The van der Waals surface area contributed by atoms with Crippen LogP contribution in [0.15, 0.2) is 42.5 Å². The third-order valence-corrected chi connectivity index (χ3v) is 6.04. The van der Waals surface area contributed by atoms with Gasteiger partial charge < -0.3 is 19.9 Å². The van der Waals surface area contributed by atoms with Crippen molar-refractivity contribution >= 4 is 11.6 Å². The van der Waals surface area contributed by atoms with E-state index in [4.69, 9.17) is 21.1 Å². The smallest absolute Gasteiger partial charge is 0.118 e. The minimum atomic E-state index is -1.14. The van der Waals surface area contributed by atoms with Crippen LogP contribution in [0, 0.1) is 0 Å². The van der Waals surface area contributed by atoms with Gasteiger partial charge in [0.25, 0.3) is 0 Å². The molecule has 4 nitrogen and oxygen atoms in total. The largest absolute Gasteiger partial charge is 0.385 e. The van der Waals surface area contributed by atoms with Gasteiger partial charge in [0.05, 0.1) is 6.61 Å². The standard InChI is InChI=1S/C24H32ClNO3/c1-3-18-8-6-9-19(16-18)23-20(10-7-11-21(23)25)24(27,12-4-5-14-28-2)22-17-26-13-15-29-22/h6-11,16,22,26-27H,3-5,12-15,17H2,1-2H3. The second-order valence-corrected chi connectivity index (χ2v) is 8.06. The fraction of sp³-hybridized carbons (Fsp3) is 0.500. The van der Waals surface area contributed by atoms with E-state index in [0.717, 1.165) is 42.5 Å². The van der Waals surface area contributed by atoms with Crippen LogP contribution < -0.4 is 5.32 Å². The quantitative estimate of drug-likeness (QED) is 0.587. The SMILES string of the molecule is CCc1cccc(-c2c(Cl)cccc2C(O)(CCCCOC)C2CNCCO2)c1. The van der Waals surface area contributed by atoms with Crippen molar-refractivity contribution in [3.63, 3.8) is 0 Å². The molecular formula is C24H32ClNO3. The van der Waals surface area contributed by atoms with Crippen LogP contribution in [0.3, 0.4) is 0 Å². The van der Waals surface area contributed by atoms with E-state index in [2.05, 4.69) is 36.5 Å². The van der Waals surface area contributed by atoms with Gasteiger partial charge in [-0.15, -0.1) is 0 Å². The van der Waals surface area contributed by atoms with Crippen LogP contribution in [0.25, 0.3) is 11.1 Å². The van der Waals surface area contributed by atoms with E-state index in [1.165, 1.54) is 5.56 Å². The number of morpholine rings is 1. The van der Waals surface area contributed by atoms with Gasteiger partial charge in [-0.05, 0) is 48.4 Å². The molecule has 0 amide bonds. The molecule has 1 saturated heterocycles. The van der Waals surface area contributed by atoms with Gasteiger partial charge in [-0.3, -0.25) is 0 Å². The van der Waals surface area contributed by atoms with E-state index < -0.39 is 5.60 Å². The first kappa shape index (κ1) is 22.3. The molecule has 0 bridgehead atoms. The van der Waals surface area contributed by atoms with Gasteiger partial charge in [-0.1, -0.05) is 54.9 Å². The maximum atomic E-state index is 12.0. The van der Waals surface area contributed by atoms with Crippen LogP contribution >= 0.6 is 11.6 Å². The summed E-state index contributed by atoms with van der Waals surface area (Å²) in [5, 5.41) is 16.0. The van der Waals surface area contributed by atoms with Gasteiger partial charge in [0.1, 0.15) is 11.7 Å². The Morgan fingerprint density at radius 3 is 2.79 bits per heavy atom. The number of rotatable bonds is 9. The summed E-state index contributed by atoms with van der Waals surface area (Å²) in [6.07, 6.45) is 2.93. The zero-order valence-electron chi connectivity index (χ0n) is 17.4. The number of benzene rings is 2. The van der Waals surface area contributed by atoms with E-state index in [0.29, 0.717) is 31.2 Å². The maximum absolute atomic E-state index is 12.0. The average molecular weight is 418 g/mol. The lowest BCUT2D eigenvalue weighted by molar-refractivity contribution is -0.129. The van der Waals surface area contributed by atoms with Crippen LogP contribution in [-0.4, -0.2) is 44.6 Å². The lowest BCUT2D eigenvalue weighted by Crippen LogP contribution is -2.51. The van der Waals surface area contributed by atoms with Crippen molar-refractivity contribution in [1.82, 2.24) is 5.32 Å². The predicted octanol–water partition coefficient (Wildman–Crippen LogP) is 4.56. The minimum absolute atomic E-state index is 0.328. The molecule has 2 atom stereocenters. The molecule has 0 aromatic heterocycles. The summed E-state index contributed by atoms with van der Waals surface area (Å²) in [7, 11) is 1.70. The van der Waals surface area contributed by atoms with E-state index in [1.807, 2.05) is 18.2 Å². The van der Waals surface area contributed by atoms with Gasteiger partial charge >= 0.3 is 0 Å². The Morgan fingerprint density at radius 2 is 2.07 bits per heavy atom. The Kier molecular flexibility index (Phi) is 8.10. The van der Waals surface area contributed by atoms with E-state index in [9.17, 15) is 5.11 Å². The highest BCUT2D eigenvalue weighted by molar-refractivity contribution is 6.33. The molecule has 158 valence electrons. The molecule has 29 heavy (non-hydrogen) atoms. The van der Waals surface area contributed by atoms with Crippen molar-refractivity contribution in [2.24, 2.45) is 0 Å². The first-order chi connectivity index (χ1) is 14.1. The number of aryl methyl sites for hydroxylation is 1. The molecule has 5 heteroatoms. The van der Waals surface area contributed by atoms with Crippen LogP contribution in [0.5, 0.6) is 0 Å². The normalized spacial score (nSPS) is 19.1. The lowest BCUT2D eigenvalue weighted by Gasteiger charge is -2.40. The molecule has 0 spiro atoms. The number of unbranched alkanes of at least 4 members (excludes halogenated alkanes) is 1. The molecule has 0 saturated carbocycles. The summed E-state index contributed by atoms with van der Waals surface area (Å²) < 4.78 is 11.2. The summed E-state index contributed by atoms with van der Waals surface area (Å²) >= 11 is 6.70. The van der Waals surface area contributed by atoms with Crippen molar-refractivity contribution in [1.29, 1.82) is 0 Å². The van der Waals surface area contributed by atoms with Gasteiger partial charge in [0.15, 0.2) is 0 Å². The van der Waals surface area contributed by atoms with Crippen molar-refractivity contribution in [3.05, 3.63) is 58.6 Å². The summed E-state index contributed by atoms with van der Waals surface area (Å²) in [5.74, 6) is 0. The molecule has 1 heterocycles. The first-order valence-electron chi connectivity index (χ1n) is 10.5. The Hall–Kier alpha value is -1.43. The molecule has 2 unspecified atom stereocenters. The van der Waals surface area contributed by atoms with Gasteiger partial charge in [0, 0.05) is 37.4 Å². The molecule has 1 aliphatic heterocycles. The summed E-state index contributed by atoms with van der Waals surface area (Å²) in [4.78, 5) is 0. The van der Waals surface area contributed by atoms with E-state index in [-0.39, 0.29) is 6.10 Å². The summed E-state index contributed by atoms with van der Waals surface area (Å²) in [6, 6.07) is 14.2. The predicted molar refractivity (Wildman–Crippen MR) is 118 cm³/mol. The Morgan fingerprint density at radius 1 is 1.24 bits per heavy atom. The topological polar surface area (TPSA) is 50.7 Å². The number of nitrogens with one attached hydrogen (secondary N) is 1. The van der Waals surface area contributed by atoms with Crippen LogP contribution in [0.4, 0.5) is 0 Å². The maximum Gasteiger partial charge on any atom is 0.118 e. The van der Waals surface area contributed by atoms with Crippen LogP contribution in [0.1, 0.15) is 37.3 Å². The molecule has 0 aliphatic carbocycles. The summed E-state index contributed by atoms with van der Waals surface area (Å²) in [5.41, 5.74) is 2.87. The Labute approximate surface area is 179 Å². The van der Waals surface area contributed by atoms with Gasteiger partial charge in [-0.2, -0.15) is 0 Å². The number of aliphatic hydroxyl groups is 1. The van der Waals surface area contributed by atoms with Gasteiger partial charge in [-0.25, -0.2) is 0 Å². The van der Waals surface area contributed by atoms with Crippen molar-refractivity contribution in [3.8, 4) is 11.1 Å². The average Bonchev–Trinajstić information content (AvgIpc) is 2.77. The number of hydrogen-bond donors (Lipinski definition) is 2. The molecule has 2 N–H and O–H groups in total. The van der Waals surface area contributed by atoms with Crippen molar-refractivity contribution in [2.75, 3.05) is 33.4 Å². The fourth-order valence-corrected chi connectivity index (χ4v) is 4.39. The molecule has 0 radical (unpaired) electrons. The number of methoxy groups -OCH3 is 1. The number of hydrogen-bond acceptors (Lipinski definition) is 4. The summed E-state index contributed by atoms with van der Waals surface area (Å²) in [6.45, 7) is 4.83. The Balaban J connectivity index is 2.05. The van der Waals surface area contributed by atoms with E-state index >= 15 is 0 Å². The number of ether oxygens (including phenoxy) is 2. The second kappa shape index (κ2) is 10.6. The third-order valence-electron chi connectivity index (χ3n) is 5.72. The first-order valence-corrected chi connectivity index (χ1v) is 10.9. The molecule has 1 aliphatic rings. The monoisotopic (exact) mass is 417 g/mol. The highest BCUT2D eigenvalue weighted by Crippen LogP contribution is 2.42. The van der Waals surface area contributed by atoms with Crippen LogP contribution in [0.2, 0.25) is 5.02 Å². The highest BCUT2D eigenvalue weighted by Gasteiger charge is 2.41. The third kappa shape index (κ3) is 5.19. The lowest BCUT2D eigenvalue weighted by atomic mass is 9.79. The van der Waals surface area contributed by atoms with Crippen molar-refractivity contribution < 1.29 is 14.6 Å². The zero-order valence-corrected chi connectivity index (χ0v) is 18.2. The van der Waals surface area contributed by atoms with Crippen LogP contribution in [-0.2, 0) is 21.5 Å². The second-order valence-electron chi connectivity index (χ2n) is 7.65. The minimum Gasteiger partial charge on any atom is -0.385 e. The van der Waals surface area contributed by atoms with Crippen molar-refractivity contribution in [2.45, 2.75) is 44.3 Å².